The van der Waals surface area contributed by atoms with Crippen LogP contribution in [0.15, 0.2) is 46.6 Å². The quantitative estimate of drug-likeness (QED) is 0.495. The van der Waals surface area contributed by atoms with Crippen molar-refractivity contribution in [2.45, 2.75) is 0 Å². The third kappa shape index (κ3) is 3.62. The Labute approximate surface area is 157 Å². The molecule has 0 atom stereocenters. The molecule has 0 saturated carbocycles. The lowest BCUT2D eigenvalue weighted by Gasteiger charge is -2.09. The van der Waals surface area contributed by atoms with E-state index in [-0.39, 0.29) is 11.5 Å². The summed E-state index contributed by atoms with van der Waals surface area (Å²) in [5.41, 5.74) is 3.59. The second kappa shape index (κ2) is 7.34. The molecule has 4 aromatic rings. The molecule has 138 valence electrons. The highest BCUT2D eigenvalue weighted by Gasteiger charge is 2.13. The van der Waals surface area contributed by atoms with E-state index >= 15 is 0 Å². The summed E-state index contributed by atoms with van der Waals surface area (Å²) in [6, 6.07) is 9.99. The van der Waals surface area contributed by atoms with Gasteiger partial charge < -0.3 is 19.4 Å². The molecule has 2 heterocycles. The molecule has 27 heavy (non-hydrogen) atoms. The van der Waals surface area contributed by atoms with Crippen molar-refractivity contribution in [1.82, 2.24) is 15.0 Å². The average molecular weight is 385 g/mol. The van der Waals surface area contributed by atoms with Gasteiger partial charge in [-0.2, -0.15) is 0 Å². The number of aromatic nitrogens is 3. The number of benzene rings is 2. The standard InChI is InChI=1S/C19H16FN3O3S/c1-25-6-7-26-17-9-12(20)3-4-13(17)18-21-16(10-27-18)11-2-5-14-15(8-11)23-19(24)22-14/h2-5,8-10H,6-7H2,1H3,(H2,22,23,24). The molecule has 2 aromatic carbocycles. The number of nitrogens with one attached hydrogen (secondary N) is 2. The molecule has 0 saturated heterocycles. The third-order valence-electron chi connectivity index (χ3n) is 4.04. The van der Waals surface area contributed by atoms with Gasteiger partial charge in [0.05, 0.1) is 28.9 Å². The number of H-pyrrole nitrogens is 2. The van der Waals surface area contributed by atoms with Crippen LogP contribution in [-0.4, -0.2) is 35.3 Å². The summed E-state index contributed by atoms with van der Waals surface area (Å²) in [6.45, 7) is 0.733. The number of ether oxygens (including phenoxy) is 2. The van der Waals surface area contributed by atoms with Gasteiger partial charge in [0.25, 0.3) is 0 Å². The number of thiazole rings is 1. The molecule has 0 bridgehead atoms. The Morgan fingerprint density at radius 2 is 1.96 bits per heavy atom. The second-order valence-electron chi connectivity index (χ2n) is 5.86. The van der Waals surface area contributed by atoms with Crippen LogP contribution in [0.5, 0.6) is 5.75 Å². The van der Waals surface area contributed by atoms with Crippen LogP contribution in [0.1, 0.15) is 0 Å². The van der Waals surface area contributed by atoms with Gasteiger partial charge in [-0.1, -0.05) is 6.07 Å². The molecule has 4 rings (SSSR count). The first-order chi connectivity index (χ1) is 13.1. The molecular formula is C19H16FN3O3S. The monoisotopic (exact) mass is 385 g/mol. The van der Waals surface area contributed by atoms with Crippen molar-refractivity contribution in [1.29, 1.82) is 0 Å². The smallest absolute Gasteiger partial charge is 0.323 e. The molecule has 0 amide bonds. The highest BCUT2D eigenvalue weighted by Crippen LogP contribution is 2.35. The lowest BCUT2D eigenvalue weighted by molar-refractivity contribution is 0.146. The zero-order valence-corrected chi connectivity index (χ0v) is 15.2. The minimum Gasteiger partial charge on any atom is -0.490 e. The molecule has 2 aromatic heterocycles. The number of hydrogen-bond acceptors (Lipinski definition) is 5. The maximum absolute atomic E-state index is 13.6. The SMILES string of the molecule is COCCOc1cc(F)ccc1-c1nc(-c2ccc3[nH]c(=O)[nH]c3c2)cs1. The van der Waals surface area contributed by atoms with Crippen LogP contribution in [-0.2, 0) is 4.74 Å². The van der Waals surface area contributed by atoms with Crippen LogP contribution >= 0.6 is 11.3 Å². The van der Waals surface area contributed by atoms with Gasteiger partial charge in [-0.05, 0) is 24.3 Å². The molecule has 0 aliphatic rings. The van der Waals surface area contributed by atoms with Gasteiger partial charge in [0.15, 0.2) is 0 Å². The first-order valence-corrected chi connectivity index (χ1v) is 9.11. The molecule has 0 unspecified atom stereocenters. The van der Waals surface area contributed by atoms with E-state index in [9.17, 15) is 9.18 Å². The van der Waals surface area contributed by atoms with E-state index in [4.69, 9.17) is 9.47 Å². The fourth-order valence-electron chi connectivity index (χ4n) is 2.75. The molecule has 0 aliphatic heterocycles. The van der Waals surface area contributed by atoms with Gasteiger partial charge in [0, 0.05) is 24.1 Å². The highest BCUT2D eigenvalue weighted by molar-refractivity contribution is 7.13. The number of rotatable bonds is 6. The summed E-state index contributed by atoms with van der Waals surface area (Å²) in [5, 5.41) is 2.64. The van der Waals surface area contributed by atoms with E-state index in [1.165, 1.54) is 23.5 Å². The van der Waals surface area contributed by atoms with Crippen molar-refractivity contribution in [2.75, 3.05) is 20.3 Å². The third-order valence-corrected chi connectivity index (χ3v) is 4.91. The average Bonchev–Trinajstić information content (AvgIpc) is 3.27. The molecule has 0 spiro atoms. The zero-order valence-electron chi connectivity index (χ0n) is 14.4. The minimum atomic E-state index is -0.371. The zero-order chi connectivity index (χ0) is 18.8. The first-order valence-electron chi connectivity index (χ1n) is 8.23. The van der Waals surface area contributed by atoms with Crippen LogP contribution < -0.4 is 10.4 Å². The number of halogens is 1. The lowest BCUT2D eigenvalue weighted by atomic mass is 10.1. The van der Waals surface area contributed by atoms with E-state index < -0.39 is 0 Å². The molecular weight excluding hydrogens is 369 g/mol. The number of hydrogen-bond donors (Lipinski definition) is 2. The van der Waals surface area contributed by atoms with Crippen molar-refractivity contribution in [3.8, 4) is 27.6 Å². The van der Waals surface area contributed by atoms with Crippen molar-refractivity contribution >= 4 is 22.4 Å². The van der Waals surface area contributed by atoms with Gasteiger partial charge in [-0.15, -0.1) is 11.3 Å². The van der Waals surface area contributed by atoms with E-state index in [1.54, 1.807) is 13.2 Å². The first kappa shape index (κ1) is 17.4. The predicted octanol–water partition coefficient (Wildman–Crippen LogP) is 3.81. The van der Waals surface area contributed by atoms with Crippen LogP contribution in [0.3, 0.4) is 0 Å². The van der Waals surface area contributed by atoms with E-state index in [0.29, 0.717) is 19.0 Å². The fourth-order valence-corrected chi connectivity index (χ4v) is 3.61. The second-order valence-corrected chi connectivity index (χ2v) is 6.72. The Morgan fingerprint density at radius 1 is 1.11 bits per heavy atom. The summed E-state index contributed by atoms with van der Waals surface area (Å²) in [7, 11) is 1.58. The largest absolute Gasteiger partial charge is 0.490 e. The summed E-state index contributed by atoms with van der Waals surface area (Å²) >= 11 is 1.44. The normalized spacial score (nSPS) is 11.2. The van der Waals surface area contributed by atoms with Gasteiger partial charge in [0.2, 0.25) is 0 Å². The number of methoxy groups -OCH3 is 1. The Bertz CT molecular complexity index is 1150. The molecule has 2 N–H and O–H groups in total. The lowest BCUT2D eigenvalue weighted by Crippen LogP contribution is -2.05. The van der Waals surface area contributed by atoms with Crippen LogP contribution in [0.25, 0.3) is 32.9 Å². The minimum absolute atomic E-state index is 0.245. The highest BCUT2D eigenvalue weighted by atomic mass is 32.1. The van der Waals surface area contributed by atoms with Crippen LogP contribution in [0.4, 0.5) is 4.39 Å². The fraction of sp³-hybridized carbons (Fsp3) is 0.158. The Balaban J connectivity index is 1.68. The van der Waals surface area contributed by atoms with Crippen molar-refractivity contribution in [2.24, 2.45) is 0 Å². The summed E-state index contributed by atoms with van der Waals surface area (Å²) in [4.78, 5) is 21.5. The topological polar surface area (TPSA) is 80.0 Å². The van der Waals surface area contributed by atoms with Crippen LogP contribution in [0, 0.1) is 5.82 Å². The molecule has 0 radical (unpaired) electrons. The molecule has 0 fully saturated rings. The van der Waals surface area contributed by atoms with E-state index in [0.717, 1.165) is 32.9 Å². The summed E-state index contributed by atoms with van der Waals surface area (Å²) in [6.07, 6.45) is 0. The number of imidazole rings is 1. The van der Waals surface area contributed by atoms with Gasteiger partial charge in [-0.25, -0.2) is 14.2 Å². The number of aromatic amines is 2. The van der Waals surface area contributed by atoms with Crippen molar-refractivity contribution in [3.05, 3.63) is 58.1 Å². The van der Waals surface area contributed by atoms with Crippen molar-refractivity contribution < 1.29 is 13.9 Å². The van der Waals surface area contributed by atoms with Crippen LogP contribution in [0.2, 0.25) is 0 Å². The van der Waals surface area contributed by atoms with E-state index in [2.05, 4.69) is 15.0 Å². The predicted molar refractivity (Wildman–Crippen MR) is 103 cm³/mol. The molecule has 8 heteroatoms. The number of fused-ring (bicyclic) bond motifs is 1. The Morgan fingerprint density at radius 3 is 2.81 bits per heavy atom. The van der Waals surface area contributed by atoms with Gasteiger partial charge in [0.1, 0.15) is 23.2 Å². The number of nitrogens with zero attached hydrogens (tertiary/aromatic N) is 1. The Kier molecular flexibility index (Phi) is 4.74. The van der Waals surface area contributed by atoms with Gasteiger partial charge in [-0.3, -0.25) is 0 Å². The maximum atomic E-state index is 13.6. The molecule has 6 nitrogen and oxygen atoms in total. The summed E-state index contributed by atoms with van der Waals surface area (Å²) in [5.74, 6) is 0.0585. The Hall–Kier alpha value is -2.97. The van der Waals surface area contributed by atoms with E-state index in [1.807, 2.05) is 23.6 Å². The maximum Gasteiger partial charge on any atom is 0.323 e. The van der Waals surface area contributed by atoms with Gasteiger partial charge >= 0.3 is 5.69 Å². The van der Waals surface area contributed by atoms with Crippen molar-refractivity contribution in [3.63, 3.8) is 0 Å². The molecule has 0 aliphatic carbocycles. The summed E-state index contributed by atoms with van der Waals surface area (Å²) < 4.78 is 24.3.